The molecule has 0 saturated heterocycles. The van der Waals surface area contributed by atoms with Crippen molar-refractivity contribution in [2.45, 2.75) is 31.7 Å². The third kappa shape index (κ3) is 3.06. The minimum absolute atomic E-state index is 0.416. The lowest BCUT2D eigenvalue weighted by Crippen LogP contribution is -2.27. The molecule has 1 aliphatic carbocycles. The van der Waals surface area contributed by atoms with Gasteiger partial charge in [0, 0.05) is 28.3 Å². The van der Waals surface area contributed by atoms with Crippen molar-refractivity contribution in [2.24, 2.45) is 0 Å². The Bertz CT molecular complexity index is 934. The highest BCUT2D eigenvalue weighted by Crippen LogP contribution is 2.32. The molecule has 4 heteroatoms. The molecule has 3 aromatic rings. The summed E-state index contributed by atoms with van der Waals surface area (Å²) in [7, 11) is 1.71. The summed E-state index contributed by atoms with van der Waals surface area (Å²) >= 11 is 0. The van der Waals surface area contributed by atoms with E-state index in [1.807, 2.05) is 18.2 Å². The van der Waals surface area contributed by atoms with E-state index < -0.39 is 0 Å². The molecule has 25 heavy (non-hydrogen) atoms. The van der Waals surface area contributed by atoms with E-state index in [0.717, 1.165) is 36.3 Å². The third-order valence-electron chi connectivity index (χ3n) is 5.00. The highest BCUT2D eigenvalue weighted by Gasteiger charge is 2.22. The molecule has 0 aliphatic heterocycles. The maximum Gasteiger partial charge on any atom is 0.119 e. The van der Waals surface area contributed by atoms with Crippen LogP contribution in [0.2, 0.25) is 0 Å². The zero-order valence-corrected chi connectivity index (χ0v) is 14.3. The number of anilines is 1. The number of hydrogen-bond donors (Lipinski definition) is 2. The van der Waals surface area contributed by atoms with Gasteiger partial charge in [0.25, 0.3) is 0 Å². The van der Waals surface area contributed by atoms with Gasteiger partial charge in [-0.3, -0.25) is 0 Å². The van der Waals surface area contributed by atoms with Crippen LogP contribution in [0.25, 0.3) is 10.9 Å². The number of benzene rings is 2. The molecule has 0 bridgehead atoms. The number of H-pyrrole nitrogens is 1. The monoisotopic (exact) mass is 331 g/mol. The second kappa shape index (κ2) is 6.52. The summed E-state index contributed by atoms with van der Waals surface area (Å²) in [6.45, 7) is 0. The number of aryl methyl sites for hydroxylation is 1. The molecule has 0 spiro atoms. The second-order valence-electron chi connectivity index (χ2n) is 6.61. The summed E-state index contributed by atoms with van der Waals surface area (Å²) in [5.74, 6) is 0.900. The van der Waals surface area contributed by atoms with Gasteiger partial charge < -0.3 is 15.0 Å². The number of ether oxygens (including phenoxy) is 1. The second-order valence-corrected chi connectivity index (χ2v) is 6.61. The van der Waals surface area contributed by atoms with Gasteiger partial charge in [0.05, 0.1) is 19.6 Å². The summed E-state index contributed by atoms with van der Waals surface area (Å²) in [6, 6.07) is 17.0. The van der Waals surface area contributed by atoms with Gasteiger partial charge in [0.2, 0.25) is 0 Å². The number of hydrogen-bond acceptors (Lipinski definition) is 3. The number of rotatable bonds is 4. The predicted molar refractivity (Wildman–Crippen MR) is 100 cm³/mol. The van der Waals surface area contributed by atoms with E-state index in [-0.39, 0.29) is 0 Å². The van der Waals surface area contributed by atoms with Crippen LogP contribution in [-0.2, 0) is 19.3 Å². The average molecular weight is 331 g/mol. The van der Waals surface area contributed by atoms with Crippen LogP contribution >= 0.6 is 0 Å². The minimum atomic E-state index is 0.416. The Balaban J connectivity index is 1.54. The van der Waals surface area contributed by atoms with Gasteiger partial charge in [0.1, 0.15) is 5.75 Å². The number of nitriles is 1. The highest BCUT2D eigenvalue weighted by atomic mass is 16.5. The average Bonchev–Trinajstić information content (AvgIpc) is 3.01. The molecule has 0 saturated carbocycles. The lowest BCUT2D eigenvalue weighted by molar-refractivity contribution is 0.415. The van der Waals surface area contributed by atoms with Crippen molar-refractivity contribution in [3.63, 3.8) is 0 Å². The molecule has 0 amide bonds. The predicted octanol–water partition coefficient (Wildman–Crippen LogP) is 4.21. The number of aromatic amines is 1. The summed E-state index contributed by atoms with van der Waals surface area (Å²) in [5.41, 5.74) is 6.12. The molecule has 1 aliphatic rings. The number of nitrogens with zero attached hydrogens (tertiary/aromatic N) is 1. The number of fused-ring (bicyclic) bond motifs is 3. The molecule has 1 heterocycles. The molecule has 0 fully saturated rings. The maximum absolute atomic E-state index is 8.77. The first-order valence-electron chi connectivity index (χ1n) is 8.66. The summed E-state index contributed by atoms with van der Waals surface area (Å²) in [5, 5.41) is 13.7. The Hall–Kier alpha value is -2.93. The van der Waals surface area contributed by atoms with Gasteiger partial charge in [-0.05, 0) is 60.7 Å². The van der Waals surface area contributed by atoms with Gasteiger partial charge in [0.15, 0.2) is 0 Å². The molecule has 2 aromatic carbocycles. The summed E-state index contributed by atoms with van der Waals surface area (Å²) in [6.07, 6.45) is 3.63. The van der Waals surface area contributed by atoms with Crippen molar-refractivity contribution >= 4 is 16.6 Å². The molecule has 1 atom stereocenters. The first-order valence-corrected chi connectivity index (χ1v) is 8.66. The zero-order valence-electron chi connectivity index (χ0n) is 14.3. The van der Waals surface area contributed by atoms with Gasteiger partial charge in [-0.25, -0.2) is 0 Å². The zero-order chi connectivity index (χ0) is 17.2. The fourth-order valence-electron chi connectivity index (χ4n) is 3.69. The van der Waals surface area contributed by atoms with E-state index in [9.17, 15) is 0 Å². The molecule has 2 N–H and O–H groups in total. The number of aromatic nitrogens is 1. The van der Waals surface area contributed by atoms with Crippen LogP contribution in [0.15, 0.2) is 42.5 Å². The van der Waals surface area contributed by atoms with E-state index in [1.54, 1.807) is 7.11 Å². The Morgan fingerprint density at radius 3 is 2.84 bits per heavy atom. The molecular formula is C21H21N3O. The summed E-state index contributed by atoms with van der Waals surface area (Å²) < 4.78 is 5.38. The molecule has 4 rings (SSSR count). The Kier molecular flexibility index (Phi) is 4.07. The van der Waals surface area contributed by atoms with Crippen molar-refractivity contribution in [2.75, 3.05) is 12.4 Å². The lowest BCUT2D eigenvalue weighted by atomic mass is 9.91. The van der Waals surface area contributed by atoms with Gasteiger partial charge >= 0.3 is 0 Å². The van der Waals surface area contributed by atoms with Crippen LogP contribution in [-0.4, -0.2) is 18.1 Å². The minimum Gasteiger partial charge on any atom is -0.497 e. The topological polar surface area (TPSA) is 60.8 Å². The van der Waals surface area contributed by atoms with Gasteiger partial charge in [-0.15, -0.1) is 0 Å². The van der Waals surface area contributed by atoms with E-state index >= 15 is 0 Å². The van der Waals surface area contributed by atoms with Crippen molar-refractivity contribution in [3.05, 3.63) is 59.3 Å². The van der Waals surface area contributed by atoms with Crippen molar-refractivity contribution < 1.29 is 4.74 Å². The SMILES string of the molecule is COc1ccc2[nH]c3c(c2c1)C[C@H](Nc1ccc(CC#N)cc1)CC3. The molecule has 0 unspecified atom stereocenters. The normalized spacial score (nSPS) is 16.2. The molecule has 4 nitrogen and oxygen atoms in total. The van der Waals surface area contributed by atoms with Crippen LogP contribution in [0.3, 0.4) is 0 Å². The number of nitrogens with one attached hydrogen (secondary N) is 2. The third-order valence-corrected chi connectivity index (χ3v) is 5.00. The molecule has 126 valence electrons. The molecule has 1 aromatic heterocycles. The molecule has 0 radical (unpaired) electrons. The smallest absolute Gasteiger partial charge is 0.119 e. The first-order chi connectivity index (χ1) is 12.3. The largest absolute Gasteiger partial charge is 0.497 e. The maximum atomic E-state index is 8.77. The molecular weight excluding hydrogens is 310 g/mol. The highest BCUT2D eigenvalue weighted by molar-refractivity contribution is 5.86. The van der Waals surface area contributed by atoms with E-state index in [1.165, 1.54) is 22.2 Å². The fraction of sp³-hybridized carbons (Fsp3) is 0.286. The number of methoxy groups -OCH3 is 1. The van der Waals surface area contributed by atoms with Crippen molar-refractivity contribution in [1.82, 2.24) is 4.98 Å². The van der Waals surface area contributed by atoms with Crippen LogP contribution in [0.1, 0.15) is 23.2 Å². The fourth-order valence-corrected chi connectivity index (χ4v) is 3.69. The summed E-state index contributed by atoms with van der Waals surface area (Å²) in [4.78, 5) is 3.56. The van der Waals surface area contributed by atoms with E-state index in [2.05, 4.69) is 40.6 Å². The first kappa shape index (κ1) is 15.6. The Morgan fingerprint density at radius 1 is 1.24 bits per heavy atom. The van der Waals surface area contributed by atoms with Crippen LogP contribution in [0.5, 0.6) is 5.75 Å². The van der Waals surface area contributed by atoms with E-state index in [0.29, 0.717) is 12.5 Å². The van der Waals surface area contributed by atoms with Crippen LogP contribution in [0, 0.1) is 11.3 Å². The Morgan fingerprint density at radius 2 is 2.08 bits per heavy atom. The van der Waals surface area contributed by atoms with Gasteiger partial charge in [-0.2, -0.15) is 5.26 Å². The van der Waals surface area contributed by atoms with Gasteiger partial charge in [-0.1, -0.05) is 12.1 Å². The standard InChI is InChI=1S/C21H21N3O/c1-25-17-7-9-21-19(13-17)18-12-16(6-8-20(18)24-21)23-15-4-2-14(3-5-15)10-11-22/h2-5,7,9,13,16,23-24H,6,8,10,12H2,1H3/t16-/m1/s1. The van der Waals surface area contributed by atoms with Crippen molar-refractivity contribution in [3.8, 4) is 11.8 Å². The van der Waals surface area contributed by atoms with Crippen LogP contribution in [0.4, 0.5) is 5.69 Å². The van der Waals surface area contributed by atoms with Crippen LogP contribution < -0.4 is 10.1 Å². The van der Waals surface area contributed by atoms with Crippen molar-refractivity contribution in [1.29, 1.82) is 5.26 Å². The van der Waals surface area contributed by atoms with E-state index in [4.69, 9.17) is 10.00 Å². The quantitative estimate of drug-likeness (QED) is 0.753. The Labute approximate surface area is 147 Å². The lowest BCUT2D eigenvalue weighted by Gasteiger charge is -2.24.